The third-order valence-corrected chi connectivity index (χ3v) is 3.27. The van der Waals surface area contributed by atoms with E-state index in [0.29, 0.717) is 12.6 Å². The van der Waals surface area contributed by atoms with Crippen molar-refractivity contribution in [1.82, 2.24) is 5.32 Å². The highest BCUT2D eigenvalue weighted by Gasteiger charge is 2.27. The Morgan fingerprint density at radius 1 is 1.77 bits per heavy atom. The van der Waals surface area contributed by atoms with Crippen LogP contribution in [0, 0.1) is 0 Å². The van der Waals surface area contributed by atoms with Crippen molar-refractivity contribution in [2.24, 2.45) is 0 Å². The molecule has 1 aliphatic rings. The number of aliphatic hydroxyl groups is 1. The molecule has 1 aliphatic heterocycles. The van der Waals surface area contributed by atoms with Crippen LogP contribution >= 0.6 is 11.8 Å². The maximum atomic E-state index is 10.7. The number of hydrogen-bond acceptors (Lipinski definition) is 4. The number of carbonyl (C=O) groups is 1. The lowest BCUT2D eigenvalue weighted by atomic mass is 9.93. The standard InChI is InChI=1S/C9H17NO2S/c1-7(11)13-5-8-3-4-9(2,12)6-10-8/h8,10,12H,3-6H2,1-2H3/t8-,9-/m1/s1. The van der Waals surface area contributed by atoms with Crippen LogP contribution in [0.3, 0.4) is 0 Å². The van der Waals surface area contributed by atoms with Crippen LogP contribution in [0.4, 0.5) is 0 Å². The highest BCUT2D eigenvalue weighted by Crippen LogP contribution is 2.20. The number of nitrogens with one attached hydrogen (secondary N) is 1. The largest absolute Gasteiger partial charge is 0.389 e. The Kier molecular flexibility index (Phi) is 3.76. The van der Waals surface area contributed by atoms with Crippen LogP contribution in [0.1, 0.15) is 26.7 Å². The summed E-state index contributed by atoms with van der Waals surface area (Å²) in [6.07, 6.45) is 1.77. The smallest absolute Gasteiger partial charge is 0.185 e. The second-order valence-corrected chi connectivity index (χ2v) is 5.11. The van der Waals surface area contributed by atoms with Crippen LogP contribution in [0.15, 0.2) is 0 Å². The first kappa shape index (κ1) is 11.0. The molecule has 1 rings (SSSR count). The predicted molar refractivity (Wildman–Crippen MR) is 54.8 cm³/mol. The SMILES string of the molecule is CC(=O)SC[C@H]1CC[C@@](C)(O)CN1. The third-order valence-electron chi connectivity index (χ3n) is 2.29. The molecule has 1 fully saturated rings. The van der Waals surface area contributed by atoms with Gasteiger partial charge in [0.2, 0.25) is 0 Å². The van der Waals surface area contributed by atoms with Crippen molar-refractivity contribution in [3.8, 4) is 0 Å². The molecule has 3 nitrogen and oxygen atoms in total. The average Bonchev–Trinajstić information content (AvgIpc) is 2.02. The second kappa shape index (κ2) is 4.44. The first-order valence-electron chi connectivity index (χ1n) is 4.59. The van der Waals surface area contributed by atoms with Gasteiger partial charge in [0.05, 0.1) is 5.60 Å². The minimum atomic E-state index is -0.558. The highest BCUT2D eigenvalue weighted by molar-refractivity contribution is 8.13. The van der Waals surface area contributed by atoms with Gasteiger partial charge in [-0.2, -0.15) is 0 Å². The van der Waals surface area contributed by atoms with Gasteiger partial charge in [0, 0.05) is 25.3 Å². The van der Waals surface area contributed by atoms with Crippen LogP contribution in [-0.4, -0.2) is 34.2 Å². The van der Waals surface area contributed by atoms with E-state index in [9.17, 15) is 9.90 Å². The van der Waals surface area contributed by atoms with Gasteiger partial charge in [-0.25, -0.2) is 0 Å². The van der Waals surface area contributed by atoms with Gasteiger partial charge in [-0.15, -0.1) is 0 Å². The summed E-state index contributed by atoms with van der Waals surface area (Å²) in [7, 11) is 0. The van der Waals surface area contributed by atoms with Crippen molar-refractivity contribution < 1.29 is 9.90 Å². The van der Waals surface area contributed by atoms with E-state index in [-0.39, 0.29) is 5.12 Å². The molecule has 0 amide bonds. The van der Waals surface area contributed by atoms with Crippen molar-refractivity contribution in [2.75, 3.05) is 12.3 Å². The van der Waals surface area contributed by atoms with E-state index in [4.69, 9.17) is 0 Å². The Hall–Kier alpha value is -0.0600. The quantitative estimate of drug-likeness (QED) is 0.696. The molecule has 13 heavy (non-hydrogen) atoms. The van der Waals surface area contributed by atoms with Crippen LogP contribution in [0.25, 0.3) is 0 Å². The molecule has 0 aliphatic carbocycles. The molecule has 0 aromatic heterocycles. The summed E-state index contributed by atoms with van der Waals surface area (Å²) in [4.78, 5) is 10.7. The Bertz CT molecular complexity index is 184. The van der Waals surface area contributed by atoms with Crippen molar-refractivity contribution in [3.05, 3.63) is 0 Å². The fourth-order valence-corrected chi connectivity index (χ4v) is 2.12. The van der Waals surface area contributed by atoms with Crippen molar-refractivity contribution >= 4 is 16.9 Å². The van der Waals surface area contributed by atoms with Crippen molar-refractivity contribution in [3.63, 3.8) is 0 Å². The van der Waals surface area contributed by atoms with Crippen molar-refractivity contribution in [1.29, 1.82) is 0 Å². The van der Waals surface area contributed by atoms with Gasteiger partial charge in [0.15, 0.2) is 5.12 Å². The summed E-state index contributed by atoms with van der Waals surface area (Å²) >= 11 is 1.35. The lowest BCUT2D eigenvalue weighted by Crippen LogP contribution is -2.49. The van der Waals surface area contributed by atoms with Gasteiger partial charge in [-0.3, -0.25) is 4.79 Å². The van der Waals surface area contributed by atoms with Gasteiger partial charge >= 0.3 is 0 Å². The molecular formula is C9H17NO2S. The highest BCUT2D eigenvalue weighted by atomic mass is 32.2. The first-order chi connectivity index (χ1) is 5.99. The number of piperidine rings is 1. The Morgan fingerprint density at radius 3 is 2.92 bits per heavy atom. The van der Waals surface area contributed by atoms with E-state index >= 15 is 0 Å². The minimum absolute atomic E-state index is 0.166. The first-order valence-corrected chi connectivity index (χ1v) is 5.57. The van der Waals surface area contributed by atoms with E-state index in [1.807, 2.05) is 6.92 Å². The molecule has 0 bridgehead atoms. The minimum Gasteiger partial charge on any atom is -0.389 e. The summed E-state index contributed by atoms with van der Waals surface area (Å²) < 4.78 is 0. The molecular weight excluding hydrogens is 186 g/mol. The van der Waals surface area contributed by atoms with E-state index in [0.717, 1.165) is 18.6 Å². The van der Waals surface area contributed by atoms with Gasteiger partial charge in [0.1, 0.15) is 0 Å². The second-order valence-electron chi connectivity index (χ2n) is 3.92. The molecule has 0 aromatic carbocycles. The third kappa shape index (κ3) is 4.11. The average molecular weight is 203 g/mol. The monoisotopic (exact) mass is 203 g/mol. The topological polar surface area (TPSA) is 49.3 Å². The molecule has 4 heteroatoms. The Morgan fingerprint density at radius 2 is 2.46 bits per heavy atom. The lowest BCUT2D eigenvalue weighted by Gasteiger charge is -2.33. The molecule has 76 valence electrons. The van der Waals surface area contributed by atoms with Crippen LogP contribution in [0.2, 0.25) is 0 Å². The maximum Gasteiger partial charge on any atom is 0.185 e. The molecule has 0 spiro atoms. The maximum absolute atomic E-state index is 10.7. The number of β-amino-alcohol motifs (C(OH)–C–C–N with tert-alkyl or cyclic N) is 1. The number of carbonyl (C=O) groups excluding carboxylic acids is 1. The molecule has 0 aromatic rings. The predicted octanol–water partition coefficient (Wildman–Crippen LogP) is 0.769. The lowest BCUT2D eigenvalue weighted by molar-refractivity contribution is -0.109. The van der Waals surface area contributed by atoms with E-state index in [1.165, 1.54) is 11.8 Å². The van der Waals surface area contributed by atoms with E-state index < -0.39 is 5.60 Å². The van der Waals surface area contributed by atoms with Crippen LogP contribution in [0.5, 0.6) is 0 Å². The molecule has 2 atom stereocenters. The number of thioether (sulfide) groups is 1. The van der Waals surface area contributed by atoms with E-state index in [2.05, 4.69) is 5.32 Å². The fourth-order valence-electron chi connectivity index (χ4n) is 1.40. The zero-order valence-electron chi connectivity index (χ0n) is 8.17. The summed E-state index contributed by atoms with van der Waals surface area (Å²) in [5.74, 6) is 0.825. The summed E-state index contributed by atoms with van der Waals surface area (Å²) in [6.45, 7) is 4.06. The number of hydrogen-bond donors (Lipinski definition) is 2. The summed E-state index contributed by atoms with van der Waals surface area (Å²) in [6, 6.07) is 0.383. The van der Waals surface area contributed by atoms with Crippen LogP contribution < -0.4 is 5.32 Å². The normalized spacial score (nSPS) is 34.5. The Balaban J connectivity index is 2.21. The summed E-state index contributed by atoms with van der Waals surface area (Å²) in [5.41, 5.74) is -0.558. The van der Waals surface area contributed by atoms with Crippen LogP contribution in [-0.2, 0) is 4.79 Å². The van der Waals surface area contributed by atoms with Gasteiger partial charge in [-0.05, 0) is 19.8 Å². The molecule has 0 saturated carbocycles. The van der Waals surface area contributed by atoms with Gasteiger partial charge in [-0.1, -0.05) is 11.8 Å². The molecule has 0 unspecified atom stereocenters. The van der Waals surface area contributed by atoms with Crippen molar-refractivity contribution in [2.45, 2.75) is 38.3 Å². The number of rotatable bonds is 2. The van der Waals surface area contributed by atoms with Gasteiger partial charge in [0.25, 0.3) is 0 Å². The zero-order chi connectivity index (χ0) is 9.90. The molecule has 1 heterocycles. The van der Waals surface area contributed by atoms with E-state index in [1.54, 1.807) is 6.92 Å². The fraction of sp³-hybridized carbons (Fsp3) is 0.889. The Labute approximate surface area is 83.3 Å². The van der Waals surface area contributed by atoms with Gasteiger partial charge < -0.3 is 10.4 Å². The molecule has 2 N–H and O–H groups in total. The molecule has 1 saturated heterocycles. The summed E-state index contributed by atoms with van der Waals surface area (Å²) in [5, 5.41) is 13.0. The zero-order valence-corrected chi connectivity index (χ0v) is 8.99. The molecule has 0 radical (unpaired) electrons.